The summed E-state index contributed by atoms with van der Waals surface area (Å²) in [5, 5.41) is 14.8. The Morgan fingerprint density at radius 1 is 0.968 bits per heavy atom. The van der Waals surface area contributed by atoms with Crippen LogP contribution in [0.3, 0.4) is 0 Å². The molecule has 1 aliphatic carbocycles. The van der Waals surface area contributed by atoms with E-state index < -0.39 is 35.9 Å². The zero-order valence-corrected chi connectivity index (χ0v) is 36.0. The number of amides is 2. The van der Waals surface area contributed by atoms with Crippen molar-refractivity contribution in [1.29, 1.82) is 0 Å². The van der Waals surface area contributed by atoms with Gasteiger partial charge in [0, 0.05) is 40.7 Å². The van der Waals surface area contributed by atoms with E-state index in [4.69, 9.17) is 24.2 Å². The first-order valence-corrected chi connectivity index (χ1v) is 21.7. The second kappa shape index (κ2) is 15.1. The van der Waals surface area contributed by atoms with E-state index in [2.05, 4.69) is 74.4 Å². The summed E-state index contributed by atoms with van der Waals surface area (Å²) in [5.41, 5.74) is 6.75. The largest absolute Gasteiger partial charge is 0.465 e. The van der Waals surface area contributed by atoms with Gasteiger partial charge in [0.25, 0.3) is 0 Å². The number of aliphatic hydroxyl groups is 1. The summed E-state index contributed by atoms with van der Waals surface area (Å²) in [7, 11) is 1.31. The molecule has 0 bridgehead atoms. The number of hydrogen-bond acceptors (Lipinski definition) is 9. The van der Waals surface area contributed by atoms with E-state index in [1.165, 1.54) is 7.11 Å². The molecule has 1 saturated carbocycles. The fourth-order valence-electron chi connectivity index (χ4n) is 10.0. The van der Waals surface area contributed by atoms with Crippen molar-refractivity contribution in [3.8, 4) is 39.7 Å². The third-order valence-corrected chi connectivity index (χ3v) is 13.1. The van der Waals surface area contributed by atoms with Crippen LogP contribution in [0.2, 0.25) is 0 Å². The number of alkyl carbamates (subject to hydrolysis) is 1. The number of nitrogens with zero attached hydrogens (tertiary/aromatic N) is 5. The molecule has 2 unspecified atom stereocenters. The van der Waals surface area contributed by atoms with Crippen molar-refractivity contribution >= 4 is 22.9 Å². The normalized spacial score (nSPS) is 22.8. The van der Waals surface area contributed by atoms with Gasteiger partial charge >= 0.3 is 6.09 Å². The first-order chi connectivity index (χ1) is 29.8. The fourth-order valence-corrected chi connectivity index (χ4v) is 10.0. The highest BCUT2D eigenvalue weighted by molar-refractivity contribution is 5.92. The molecule has 2 amide bonds. The van der Waals surface area contributed by atoms with Crippen molar-refractivity contribution < 1.29 is 28.9 Å². The molecule has 2 saturated heterocycles. The molecule has 3 aromatic carbocycles. The average Bonchev–Trinajstić information content (AvgIpc) is 3.96. The van der Waals surface area contributed by atoms with Crippen molar-refractivity contribution in [2.45, 2.75) is 96.2 Å². The van der Waals surface area contributed by atoms with Gasteiger partial charge in [0.15, 0.2) is 0 Å². The van der Waals surface area contributed by atoms with Gasteiger partial charge in [0.2, 0.25) is 18.5 Å². The first-order valence-electron chi connectivity index (χ1n) is 21.7. The van der Waals surface area contributed by atoms with Crippen LogP contribution < -0.4 is 10.1 Å². The molecule has 4 aliphatic rings. The highest BCUT2D eigenvalue weighted by Gasteiger charge is 2.67. The summed E-state index contributed by atoms with van der Waals surface area (Å²) in [6, 6.07) is 24.4. The van der Waals surface area contributed by atoms with Gasteiger partial charge in [-0.15, -0.1) is 0 Å². The number of H-pyrrole nitrogens is 2. The van der Waals surface area contributed by atoms with E-state index in [9.17, 15) is 14.7 Å². The van der Waals surface area contributed by atoms with Crippen molar-refractivity contribution in [1.82, 2.24) is 39.6 Å². The quantitative estimate of drug-likeness (QED) is 0.1000. The molecule has 6 heterocycles. The second-order valence-electron chi connectivity index (χ2n) is 18.5. The predicted octanol–water partition coefficient (Wildman–Crippen LogP) is 8.08. The molecule has 3 fully saturated rings. The Bertz CT molecular complexity index is 2660. The SMILES string of the molecule is COC(=O)N[C@H](C(=O)N1CCC2C[C@@]21c1ncc(-c2ccc3c(c2)O[C@@H](c2ccccc2)n2c-3cc3cc(-c4ncc([C@@H]5CCCN5C(O)OC(C)(C)C)[nH]4)ccc32)[nH]1)C(C)C. The summed E-state index contributed by atoms with van der Waals surface area (Å²) in [6.07, 6.45) is 5.26. The van der Waals surface area contributed by atoms with Crippen LogP contribution >= 0.6 is 0 Å². The Labute approximate surface area is 360 Å². The Kier molecular flexibility index (Phi) is 9.80. The third kappa shape index (κ3) is 6.84. The first kappa shape index (κ1) is 40.1. The zero-order valence-electron chi connectivity index (χ0n) is 36.0. The molecular formula is C48H54N8O6. The van der Waals surface area contributed by atoms with E-state index in [1.807, 2.05) is 75.0 Å². The van der Waals surface area contributed by atoms with Gasteiger partial charge in [-0.1, -0.05) is 50.2 Å². The number of hydrogen-bond donors (Lipinski definition) is 4. The Balaban J connectivity index is 0.956. The molecule has 0 radical (unpaired) electrons. The monoisotopic (exact) mass is 838 g/mol. The molecule has 3 aliphatic heterocycles. The lowest BCUT2D eigenvalue weighted by molar-refractivity contribution is -0.243. The second-order valence-corrected chi connectivity index (χ2v) is 18.5. The maximum absolute atomic E-state index is 14.0. The highest BCUT2D eigenvalue weighted by atomic mass is 16.6. The van der Waals surface area contributed by atoms with Crippen molar-refractivity contribution in [3.63, 3.8) is 0 Å². The fraction of sp³-hybridized carbons (Fsp3) is 0.417. The van der Waals surface area contributed by atoms with Crippen LogP contribution in [-0.2, 0) is 19.8 Å². The lowest BCUT2D eigenvalue weighted by Gasteiger charge is -2.33. The molecule has 6 atom stereocenters. The number of rotatable bonds is 10. The van der Waals surface area contributed by atoms with E-state index in [0.29, 0.717) is 12.5 Å². The zero-order chi connectivity index (χ0) is 43.1. The number of aromatic nitrogens is 5. The Morgan fingerprint density at radius 3 is 2.53 bits per heavy atom. The molecule has 14 nitrogen and oxygen atoms in total. The summed E-state index contributed by atoms with van der Waals surface area (Å²) < 4.78 is 20.0. The lowest BCUT2D eigenvalue weighted by Crippen LogP contribution is -2.53. The van der Waals surface area contributed by atoms with Crippen LogP contribution in [0.25, 0.3) is 44.8 Å². The number of methoxy groups -OCH3 is 1. The van der Waals surface area contributed by atoms with Crippen LogP contribution in [0.1, 0.15) is 89.7 Å². The third-order valence-electron chi connectivity index (χ3n) is 13.1. The van der Waals surface area contributed by atoms with Crippen LogP contribution in [0.4, 0.5) is 4.79 Å². The molecule has 3 aromatic heterocycles. The van der Waals surface area contributed by atoms with Gasteiger partial charge < -0.3 is 44.1 Å². The van der Waals surface area contributed by atoms with Gasteiger partial charge in [-0.25, -0.2) is 19.7 Å². The van der Waals surface area contributed by atoms with Gasteiger partial charge in [0.05, 0.1) is 53.7 Å². The summed E-state index contributed by atoms with van der Waals surface area (Å²) in [5.74, 6) is 2.35. The van der Waals surface area contributed by atoms with E-state index in [1.54, 1.807) is 0 Å². The number of nitrogens with one attached hydrogen (secondary N) is 3. The van der Waals surface area contributed by atoms with Crippen molar-refractivity contribution in [2.24, 2.45) is 11.8 Å². The van der Waals surface area contributed by atoms with Gasteiger partial charge in [0.1, 0.15) is 29.0 Å². The average molecular weight is 839 g/mol. The summed E-state index contributed by atoms with van der Waals surface area (Å²) in [6.45, 7) is 11.0. The molecule has 14 heteroatoms. The van der Waals surface area contributed by atoms with E-state index in [-0.39, 0.29) is 17.9 Å². The lowest BCUT2D eigenvalue weighted by atomic mass is 10.0. The number of benzene rings is 3. The number of ether oxygens (including phenoxy) is 3. The standard InChI is InChI=1S/C48H54N8O6/c1-27(2)40(53-45(58)60-6)42(57)55-20-18-32-24-48(32,55)44-50-25-34(52-44)29-14-16-33-38-22-31-21-30(15-17-36(31)56(38)43(61-39(33)23-29)28-11-8-7-9-12-28)41-49-26-35(51-41)37-13-10-19-54(37)46(59)62-47(3,4)5/h7-9,11-12,14-17,21-23,25-27,32,37,40,43,46,59H,10,13,18-20,24H2,1-6H3,(H,49,51)(H,50,52)(H,53,58)/t32?,37-,40-,43-,46?,48-/m0/s1. The summed E-state index contributed by atoms with van der Waals surface area (Å²) >= 11 is 0. The minimum Gasteiger partial charge on any atom is -0.465 e. The van der Waals surface area contributed by atoms with E-state index in [0.717, 1.165) is 99.9 Å². The minimum absolute atomic E-state index is 0.0242. The van der Waals surface area contributed by atoms with Crippen LogP contribution in [-0.4, -0.2) is 89.7 Å². The van der Waals surface area contributed by atoms with Crippen LogP contribution in [0.15, 0.2) is 85.2 Å². The number of piperidine rings is 1. The maximum atomic E-state index is 14.0. The van der Waals surface area contributed by atoms with Gasteiger partial charge in [-0.2, -0.15) is 0 Å². The summed E-state index contributed by atoms with van der Waals surface area (Å²) in [4.78, 5) is 46.9. The molecule has 4 N–H and O–H groups in total. The number of fused-ring (bicyclic) bond motifs is 6. The van der Waals surface area contributed by atoms with Crippen molar-refractivity contribution in [3.05, 3.63) is 102 Å². The Hall–Kier alpha value is -5.96. The number of aromatic amines is 2. The molecule has 10 rings (SSSR count). The topological polar surface area (TPSA) is 163 Å². The number of carbonyl (C=O) groups is 2. The number of imidazole rings is 2. The Morgan fingerprint density at radius 2 is 1.77 bits per heavy atom. The molecule has 0 spiro atoms. The molecular weight excluding hydrogens is 785 g/mol. The van der Waals surface area contributed by atoms with Gasteiger partial charge in [-0.05, 0) is 94.7 Å². The predicted molar refractivity (Wildman–Crippen MR) is 234 cm³/mol. The number of aliphatic hydroxyl groups excluding tert-OH is 1. The minimum atomic E-state index is -0.999. The van der Waals surface area contributed by atoms with Gasteiger partial charge in [-0.3, -0.25) is 4.79 Å². The van der Waals surface area contributed by atoms with Crippen LogP contribution in [0, 0.1) is 11.8 Å². The molecule has 6 aromatic rings. The smallest absolute Gasteiger partial charge is 0.407 e. The number of carbonyl (C=O) groups excluding carboxylic acids is 2. The van der Waals surface area contributed by atoms with E-state index >= 15 is 0 Å². The number of likely N-dealkylation sites (tertiary alicyclic amines) is 2. The molecule has 62 heavy (non-hydrogen) atoms. The van der Waals surface area contributed by atoms with Crippen molar-refractivity contribution in [2.75, 3.05) is 20.2 Å². The van der Waals surface area contributed by atoms with Crippen LogP contribution in [0.5, 0.6) is 5.75 Å². The highest BCUT2D eigenvalue weighted by Crippen LogP contribution is 2.62. The maximum Gasteiger partial charge on any atom is 0.407 e. The molecule has 322 valence electrons.